The van der Waals surface area contributed by atoms with E-state index >= 15 is 0 Å². The Balaban J connectivity index is 1.05. The van der Waals surface area contributed by atoms with Crippen LogP contribution in [-0.2, 0) is 9.59 Å². The highest BCUT2D eigenvalue weighted by Gasteiger charge is 2.39. The molecule has 0 unspecified atom stereocenters. The Kier molecular flexibility index (Phi) is 10.3. The number of nitrogens with zero attached hydrogens (tertiary/aromatic N) is 2. The van der Waals surface area contributed by atoms with Crippen molar-refractivity contribution in [1.29, 1.82) is 0 Å². The molecule has 0 aliphatic heterocycles. The molecule has 2 aliphatic carbocycles. The van der Waals surface area contributed by atoms with Gasteiger partial charge in [-0.15, -0.1) is 0 Å². The fourth-order valence-corrected chi connectivity index (χ4v) is 7.84. The van der Waals surface area contributed by atoms with Crippen molar-refractivity contribution in [3.8, 4) is 22.4 Å². The Morgan fingerprint density at radius 1 is 0.667 bits per heavy atom. The van der Waals surface area contributed by atoms with E-state index in [1.165, 1.54) is 0 Å². The van der Waals surface area contributed by atoms with E-state index in [1.54, 1.807) is 6.20 Å². The number of aromatic amines is 2. The highest BCUT2D eigenvalue weighted by atomic mass is 19.3. The van der Waals surface area contributed by atoms with Gasteiger partial charge in [0, 0.05) is 43.1 Å². The maximum atomic E-state index is 13.7. The number of carbonyl (C=O) groups is 2. The molecule has 0 spiro atoms. The van der Waals surface area contributed by atoms with Crippen LogP contribution in [0.3, 0.4) is 0 Å². The molecular weight excluding hydrogens is 696 g/mol. The number of hydrogen-bond donors (Lipinski definition) is 4. The number of aromatic nitrogens is 4. The maximum absolute atomic E-state index is 13.7. The van der Waals surface area contributed by atoms with Crippen LogP contribution in [0.5, 0.6) is 0 Å². The van der Waals surface area contributed by atoms with Gasteiger partial charge in [0.2, 0.25) is 23.7 Å². The summed E-state index contributed by atoms with van der Waals surface area (Å²) in [5, 5.41) is 8.24. The summed E-state index contributed by atoms with van der Waals surface area (Å²) in [5.74, 6) is -5.29. The van der Waals surface area contributed by atoms with Crippen molar-refractivity contribution >= 4 is 33.6 Å². The van der Waals surface area contributed by atoms with Gasteiger partial charge in [0.05, 0.1) is 35.0 Å². The summed E-state index contributed by atoms with van der Waals surface area (Å²) in [6, 6.07) is 17.7. The molecule has 54 heavy (non-hydrogen) atoms. The molecule has 7 rings (SSSR count). The fourth-order valence-electron chi connectivity index (χ4n) is 7.84. The largest absolute Gasteiger partial charge is 0.346 e. The van der Waals surface area contributed by atoms with E-state index in [4.69, 9.17) is 4.98 Å². The number of hydrogen-bond acceptors (Lipinski definition) is 4. The molecule has 286 valence electrons. The van der Waals surface area contributed by atoms with Gasteiger partial charge in [-0.3, -0.25) is 9.59 Å². The van der Waals surface area contributed by atoms with Gasteiger partial charge in [-0.1, -0.05) is 58.0 Å². The Morgan fingerprint density at radius 3 is 1.70 bits per heavy atom. The van der Waals surface area contributed by atoms with Crippen molar-refractivity contribution in [2.75, 3.05) is 0 Å². The number of fused-ring (bicyclic) bond motifs is 2. The second-order valence-electron chi connectivity index (χ2n) is 16.0. The second-order valence-corrected chi connectivity index (χ2v) is 16.0. The van der Waals surface area contributed by atoms with Crippen molar-refractivity contribution in [3.63, 3.8) is 0 Å². The fraction of sp³-hybridized carbons (Fsp3) is 0.476. The Morgan fingerprint density at radius 2 is 1.15 bits per heavy atom. The molecule has 2 aromatic heterocycles. The van der Waals surface area contributed by atoms with Gasteiger partial charge in [0.1, 0.15) is 11.6 Å². The number of carbonyl (C=O) groups excluding carboxylic acids is 2. The summed E-state index contributed by atoms with van der Waals surface area (Å²) in [6.45, 7) is 7.99. The third kappa shape index (κ3) is 8.17. The van der Waals surface area contributed by atoms with Crippen LogP contribution in [0, 0.1) is 23.7 Å². The minimum atomic E-state index is -2.69. The zero-order valence-electron chi connectivity index (χ0n) is 31.1. The normalized spacial score (nSPS) is 19.0. The minimum absolute atomic E-state index is 0.0296. The molecule has 0 saturated heterocycles. The first-order chi connectivity index (χ1) is 25.6. The average molecular weight is 745 g/mol. The van der Waals surface area contributed by atoms with Gasteiger partial charge >= 0.3 is 0 Å². The van der Waals surface area contributed by atoms with E-state index in [9.17, 15) is 27.2 Å². The molecule has 3 aromatic carbocycles. The van der Waals surface area contributed by atoms with E-state index in [0.29, 0.717) is 11.6 Å². The lowest BCUT2D eigenvalue weighted by molar-refractivity contribution is -0.131. The maximum Gasteiger partial charge on any atom is 0.248 e. The number of H-pyrrole nitrogens is 2. The van der Waals surface area contributed by atoms with Crippen LogP contribution in [0.1, 0.15) is 103 Å². The van der Waals surface area contributed by atoms with Crippen LogP contribution in [0.25, 0.3) is 44.2 Å². The number of imidazole rings is 2. The number of nitrogens with one attached hydrogen (secondary N) is 4. The standard InChI is InChI=1S/C42H48F4N6O2/c1-23(2)35(51-39(53)25-11-15-41(43,44)16-12-25)37-47-22-34(50-37)31-8-7-27-19-28(5-6-29(27)20-31)30-9-10-32-33(21-30)49-38(48-32)36(24(3)4)52-40(54)26-13-17-42(45,46)18-14-26/h5-10,19-26,35-36H,11-18H2,1-4H3,(H,47,50)(H,48,49)(H,51,53)(H,52,54)/t35-,36-/m0/s1. The van der Waals surface area contributed by atoms with Gasteiger partial charge in [0.25, 0.3) is 0 Å². The summed E-state index contributed by atoms with van der Waals surface area (Å²) in [7, 11) is 0. The van der Waals surface area contributed by atoms with Crippen molar-refractivity contribution < 1.29 is 27.2 Å². The van der Waals surface area contributed by atoms with Gasteiger partial charge in [-0.05, 0) is 83.7 Å². The molecule has 0 radical (unpaired) electrons. The zero-order valence-corrected chi connectivity index (χ0v) is 31.1. The molecular formula is C42H48F4N6O2. The van der Waals surface area contributed by atoms with Crippen LogP contribution in [-0.4, -0.2) is 43.6 Å². The molecule has 4 N–H and O–H groups in total. The molecule has 2 fully saturated rings. The molecule has 2 aliphatic rings. The molecule has 2 amide bonds. The monoisotopic (exact) mass is 744 g/mol. The van der Waals surface area contributed by atoms with Crippen molar-refractivity contribution in [2.24, 2.45) is 23.7 Å². The third-order valence-corrected chi connectivity index (χ3v) is 11.3. The van der Waals surface area contributed by atoms with Gasteiger partial charge in [-0.25, -0.2) is 27.5 Å². The number of benzene rings is 3. The molecule has 0 bridgehead atoms. The van der Waals surface area contributed by atoms with Crippen LogP contribution >= 0.6 is 0 Å². The first kappa shape index (κ1) is 37.6. The Bertz CT molecular complexity index is 2140. The number of halogens is 4. The quantitative estimate of drug-likeness (QED) is 0.107. The zero-order chi connectivity index (χ0) is 38.4. The molecule has 8 nitrogen and oxygen atoms in total. The Labute approximate surface area is 312 Å². The van der Waals surface area contributed by atoms with Gasteiger partial charge in [0.15, 0.2) is 0 Å². The molecule has 2 atom stereocenters. The van der Waals surface area contributed by atoms with Gasteiger partial charge < -0.3 is 20.6 Å². The summed E-state index contributed by atoms with van der Waals surface area (Å²) in [4.78, 5) is 42.3. The van der Waals surface area contributed by atoms with E-state index in [2.05, 4.69) is 55.9 Å². The van der Waals surface area contributed by atoms with Crippen molar-refractivity contribution in [2.45, 2.75) is 103 Å². The first-order valence-electron chi connectivity index (χ1n) is 19.1. The van der Waals surface area contributed by atoms with E-state index in [0.717, 1.165) is 44.2 Å². The average Bonchev–Trinajstić information content (AvgIpc) is 3.79. The summed E-state index contributed by atoms with van der Waals surface area (Å²) in [6.07, 6.45) is 1.45. The predicted octanol–water partition coefficient (Wildman–Crippen LogP) is 10.1. The van der Waals surface area contributed by atoms with Crippen molar-refractivity contribution in [1.82, 2.24) is 30.6 Å². The predicted molar refractivity (Wildman–Crippen MR) is 202 cm³/mol. The van der Waals surface area contributed by atoms with Crippen LogP contribution in [0.2, 0.25) is 0 Å². The van der Waals surface area contributed by atoms with Crippen LogP contribution in [0.15, 0.2) is 60.8 Å². The van der Waals surface area contributed by atoms with E-state index < -0.39 is 23.7 Å². The first-order valence-corrected chi connectivity index (χ1v) is 19.1. The SMILES string of the molecule is CC(C)[C@H](NC(=O)C1CCC(F)(F)CC1)c1ncc(-c2ccc3cc(-c4ccc5nc([C@@H](NC(=O)C6CCC(F)(F)CC6)C(C)C)[nH]c5c4)ccc3c2)[nH]1. The number of rotatable bonds is 10. The van der Waals surface area contributed by atoms with Crippen LogP contribution in [0.4, 0.5) is 17.6 Å². The molecule has 2 saturated carbocycles. The lowest BCUT2D eigenvalue weighted by Gasteiger charge is -2.29. The lowest BCUT2D eigenvalue weighted by Crippen LogP contribution is -2.39. The summed E-state index contributed by atoms with van der Waals surface area (Å²) in [5.41, 5.74) is 5.38. The van der Waals surface area contributed by atoms with Crippen molar-refractivity contribution in [3.05, 3.63) is 72.4 Å². The molecule has 12 heteroatoms. The summed E-state index contributed by atoms with van der Waals surface area (Å²) < 4.78 is 54.7. The number of alkyl halides is 4. The Hall–Kier alpha value is -4.74. The lowest BCUT2D eigenvalue weighted by atomic mass is 9.86. The van der Waals surface area contributed by atoms with Gasteiger partial charge in [-0.2, -0.15) is 0 Å². The van der Waals surface area contributed by atoms with Crippen LogP contribution < -0.4 is 10.6 Å². The topological polar surface area (TPSA) is 116 Å². The molecule has 2 heterocycles. The summed E-state index contributed by atoms with van der Waals surface area (Å²) >= 11 is 0. The van der Waals surface area contributed by atoms with E-state index in [1.807, 2.05) is 52.0 Å². The minimum Gasteiger partial charge on any atom is -0.346 e. The smallest absolute Gasteiger partial charge is 0.248 e. The molecule has 5 aromatic rings. The number of amides is 2. The third-order valence-electron chi connectivity index (χ3n) is 11.3. The highest BCUT2D eigenvalue weighted by molar-refractivity contribution is 5.92. The van der Waals surface area contributed by atoms with E-state index in [-0.39, 0.29) is 87.1 Å². The second kappa shape index (κ2) is 14.8. The highest BCUT2D eigenvalue weighted by Crippen LogP contribution is 2.38.